The molecule has 1 N–H and O–H groups in total. The Balaban J connectivity index is 1.63. The number of amides is 1. The summed E-state index contributed by atoms with van der Waals surface area (Å²) < 4.78 is 13.4. The van der Waals surface area contributed by atoms with Crippen LogP contribution in [0.15, 0.2) is 48.7 Å². The fourth-order valence-corrected chi connectivity index (χ4v) is 2.74. The number of nitrogens with zero attached hydrogens (tertiary/aromatic N) is 3. The highest BCUT2D eigenvalue weighted by Crippen LogP contribution is 2.25. The average molecular weight is 343 g/mol. The Bertz CT molecular complexity index is 761. The van der Waals surface area contributed by atoms with E-state index in [-0.39, 0.29) is 19.0 Å². The van der Waals surface area contributed by atoms with Gasteiger partial charge in [-0.15, -0.1) is 0 Å². The zero-order valence-electron chi connectivity index (χ0n) is 13.7. The maximum Gasteiger partial charge on any atom is 0.338 e. The number of alkyl halides is 1. The van der Waals surface area contributed by atoms with E-state index in [1.165, 1.54) is 11.1 Å². The van der Waals surface area contributed by atoms with Crippen LogP contribution in [0.3, 0.4) is 0 Å². The predicted octanol–water partition coefficient (Wildman–Crippen LogP) is 2.34. The number of aromatic nitrogens is 1. The minimum atomic E-state index is -1.93. The van der Waals surface area contributed by atoms with Crippen LogP contribution in [0.1, 0.15) is 10.4 Å². The maximum atomic E-state index is 13.4. The van der Waals surface area contributed by atoms with Crippen LogP contribution in [-0.2, 0) is 4.79 Å². The summed E-state index contributed by atoms with van der Waals surface area (Å²) >= 11 is 0. The van der Waals surface area contributed by atoms with E-state index >= 15 is 0 Å². The van der Waals surface area contributed by atoms with Gasteiger partial charge in [0.05, 0.1) is 5.56 Å². The number of carboxylic acids is 1. The Kier molecular flexibility index (Phi) is 4.65. The molecule has 3 rings (SSSR count). The summed E-state index contributed by atoms with van der Waals surface area (Å²) in [6, 6.07) is 13.1. The third-order valence-electron chi connectivity index (χ3n) is 4.33. The lowest BCUT2D eigenvalue weighted by molar-refractivity contribution is -0.147. The van der Waals surface area contributed by atoms with E-state index in [9.17, 15) is 14.0 Å². The summed E-state index contributed by atoms with van der Waals surface area (Å²) in [6.45, 7) is 0.218. The molecule has 0 aliphatic carbocycles. The van der Waals surface area contributed by atoms with E-state index < -0.39 is 18.1 Å². The number of para-hydroxylation sites is 1. The van der Waals surface area contributed by atoms with Crippen LogP contribution in [-0.4, -0.2) is 53.2 Å². The Labute approximate surface area is 144 Å². The molecule has 7 heteroatoms. The van der Waals surface area contributed by atoms with Gasteiger partial charge in [-0.05, 0) is 24.3 Å². The third kappa shape index (κ3) is 3.45. The molecule has 1 fully saturated rings. The van der Waals surface area contributed by atoms with Gasteiger partial charge in [-0.25, -0.2) is 14.2 Å². The number of aliphatic carboxylic acids is 1. The van der Waals surface area contributed by atoms with Crippen molar-refractivity contribution in [2.75, 3.05) is 25.0 Å². The molecule has 1 aliphatic heterocycles. The lowest BCUT2D eigenvalue weighted by Gasteiger charge is -2.39. The topological polar surface area (TPSA) is 73.7 Å². The second kappa shape index (κ2) is 6.88. The van der Waals surface area contributed by atoms with Gasteiger partial charge in [-0.2, -0.15) is 0 Å². The van der Waals surface area contributed by atoms with Gasteiger partial charge in [-0.3, -0.25) is 4.79 Å². The number of rotatable bonds is 5. The number of carbonyl (C=O) groups is 2. The van der Waals surface area contributed by atoms with Crippen LogP contribution < -0.4 is 4.90 Å². The number of hydrogen-bond donors (Lipinski definition) is 1. The van der Waals surface area contributed by atoms with E-state index in [1.54, 1.807) is 12.1 Å². The first kappa shape index (κ1) is 16.9. The molecule has 0 bridgehead atoms. The third-order valence-corrected chi connectivity index (χ3v) is 4.33. The monoisotopic (exact) mass is 343 g/mol. The van der Waals surface area contributed by atoms with Gasteiger partial charge < -0.3 is 14.9 Å². The molecular weight excluding hydrogens is 325 g/mol. The van der Waals surface area contributed by atoms with Crippen molar-refractivity contribution in [3.63, 3.8) is 0 Å². The molecule has 2 aromatic rings. The highest BCUT2D eigenvalue weighted by Gasteiger charge is 2.40. The van der Waals surface area contributed by atoms with Crippen LogP contribution >= 0.6 is 0 Å². The van der Waals surface area contributed by atoms with Crippen LogP contribution in [0.2, 0.25) is 0 Å². The van der Waals surface area contributed by atoms with Crippen molar-refractivity contribution in [2.45, 2.75) is 6.17 Å². The van der Waals surface area contributed by atoms with Crippen molar-refractivity contribution in [3.8, 4) is 0 Å². The van der Waals surface area contributed by atoms with Crippen molar-refractivity contribution in [1.29, 1.82) is 0 Å². The van der Waals surface area contributed by atoms with Crippen LogP contribution in [0.4, 0.5) is 15.9 Å². The SMILES string of the molecule is CN(c1ccccc1)c1ccc(C(=O)N2CC(C(F)C(=O)O)C2)cn1. The molecule has 6 nitrogen and oxygen atoms in total. The Morgan fingerprint density at radius 2 is 1.92 bits per heavy atom. The van der Waals surface area contributed by atoms with Crippen LogP contribution in [0.5, 0.6) is 0 Å². The van der Waals surface area contributed by atoms with Crippen molar-refractivity contribution in [2.24, 2.45) is 5.92 Å². The molecule has 0 saturated carbocycles. The molecule has 1 aromatic heterocycles. The summed E-state index contributed by atoms with van der Waals surface area (Å²) in [6.07, 6.45) is -0.446. The summed E-state index contributed by atoms with van der Waals surface area (Å²) in [4.78, 5) is 30.6. The largest absolute Gasteiger partial charge is 0.479 e. The van der Waals surface area contributed by atoms with Gasteiger partial charge >= 0.3 is 5.97 Å². The lowest BCUT2D eigenvalue weighted by atomic mass is 9.94. The second-order valence-corrected chi connectivity index (χ2v) is 6.01. The number of anilines is 2. The number of benzene rings is 1. The Morgan fingerprint density at radius 1 is 1.24 bits per heavy atom. The summed E-state index contributed by atoms with van der Waals surface area (Å²) in [5.41, 5.74) is 1.37. The number of carboxylic acid groups (broad SMARTS) is 1. The first-order chi connectivity index (χ1) is 12.0. The van der Waals surface area contributed by atoms with E-state index in [1.807, 2.05) is 42.3 Å². The molecule has 1 aliphatic rings. The summed E-state index contributed by atoms with van der Waals surface area (Å²) in [7, 11) is 1.88. The average Bonchev–Trinajstić information content (AvgIpc) is 2.60. The van der Waals surface area contributed by atoms with Crippen molar-refractivity contribution >= 4 is 23.4 Å². The van der Waals surface area contributed by atoms with Gasteiger partial charge in [-0.1, -0.05) is 18.2 Å². The number of pyridine rings is 1. The van der Waals surface area contributed by atoms with Crippen LogP contribution in [0.25, 0.3) is 0 Å². The minimum absolute atomic E-state index is 0.109. The molecule has 0 spiro atoms. The number of carbonyl (C=O) groups excluding carboxylic acids is 1. The van der Waals surface area contributed by atoms with Gasteiger partial charge in [0.25, 0.3) is 5.91 Å². The van der Waals surface area contributed by atoms with Crippen molar-refractivity contribution in [3.05, 3.63) is 54.2 Å². The molecule has 130 valence electrons. The Hall–Kier alpha value is -2.96. The zero-order valence-corrected chi connectivity index (χ0v) is 13.7. The lowest BCUT2D eigenvalue weighted by Crippen LogP contribution is -2.54. The highest BCUT2D eigenvalue weighted by molar-refractivity contribution is 5.94. The van der Waals surface area contributed by atoms with Crippen molar-refractivity contribution < 1.29 is 19.1 Å². The predicted molar refractivity (Wildman–Crippen MR) is 90.7 cm³/mol. The number of likely N-dealkylation sites (tertiary alicyclic amines) is 1. The molecule has 2 heterocycles. The summed E-state index contributed by atoms with van der Waals surface area (Å²) in [5, 5.41) is 8.64. The summed E-state index contributed by atoms with van der Waals surface area (Å²) in [5.74, 6) is -1.70. The van der Waals surface area contributed by atoms with Crippen molar-refractivity contribution in [1.82, 2.24) is 9.88 Å². The molecular formula is C18H18FN3O3. The highest BCUT2D eigenvalue weighted by atomic mass is 19.1. The zero-order chi connectivity index (χ0) is 18.0. The standard InChI is InChI=1S/C18H18FN3O3/c1-21(14-5-3-2-4-6-14)15-8-7-12(9-20-15)17(23)22-10-13(11-22)16(19)18(24)25/h2-9,13,16H,10-11H2,1H3,(H,24,25). The van der Waals surface area contributed by atoms with Gasteiger partial charge in [0.2, 0.25) is 6.17 Å². The molecule has 1 atom stereocenters. The second-order valence-electron chi connectivity index (χ2n) is 6.01. The van der Waals surface area contributed by atoms with E-state index in [2.05, 4.69) is 4.98 Å². The van der Waals surface area contributed by atoms with Crippen LogP contribution in [0, 0.1) is 5.92 Å². The molecule has 1 amide bonds. The Morgan fingerprint density at radius 3 is 2.48 bits per heavy atom. The fourth-order valence-electron chi connectivity index (χ4n) is 2.74. The van der Waals surface area contributed by atoms with E-state index in [0.717, 1.165) is 5.69 Å². The molecule has 25 heavy (non-hydrogen) atoms. The molecule has 0 radical (unpaired) electrons. The first-order valence-electron chi connectivity index (χ1n) is 7.88. The quantitative estimate of drug-likeness (QED) is 0.902. The van der Waals surface area contributed by atoms with Gasteiger partial charge in [0.15, 0.2) is 0 Å². The number of hydrogen-bond acceptors (Lipinski definition) is 4. The van der Waals surface area contributed by atoms with E-state index in [4.69, 9.17) is 5.11 Å². The van der Waals surface area contributed by atoms with Gasteiger partial charge in [0, 0.05) is 37.9 Å². The smallest absolute Gasteiger partial charge is 0.338 e. The fraction of sp³-hybridized carbons (Fsp3) is 0.278. The molecule has 1 unspecified atom stereocenters. The minimum Gasteiger partial charge on any atom is -0.479 e. The maximum absolute atomic E-state index is 13.4. The first-order valence-corrected chi connectivity index (χ1v) is 7.88. The number of halogens is 1. The molecule has 1 saturated heterocycles. The van der Waals surface area contributed by atoms with E-state index in [0.29, 0.717) is 11.4 Å². The molecule has 1 aromatic carbocycles. The van der Waals surface area contributed by atoms with Gasteiger partial charge in [0.1, 0.15) is 5.82 Å². The normalized spacial score (nSPS) is 15.4.